The van der Waals surface area contributed by atoms with Crippen LogP contribution in [-0.2, 0) is 24.5 Å². The lowest BCUT2D eigenvalue weighted by Gasteiger charge is -2.21. The van der Waals surface area contributed by atoms with Crippen molar-refractivity contribution in [2.75, 3.05) is 7.11 Å². The number of hydrogen-bond donors (Lipinski definition) is 1. The zero-order valence-electron chi connectivity index (χ0n) is 12.7. The SMILES string of the molecule is COC(=O)[C@]1(c2cccc(O)c2)C[C@H]1C(=O)OC(C)(C)C. The first-order valence-corrected chi connectivity index (χ1v) is 6.81. The molecule has 0 radical (unpaired) electrons. The van der Waals surface area contributed by atoms with E-state index in [1.54, 1.807) is 32.9 Å². The molecule has 0 unspecified atom stereocenters. The molecule has 1 fully saturated rings. The van der Waals surface area contributed by atoms with Gasteiger partial charge in [0.05, 0.1) is 13.0 Å². The predicted octanol–water partition coefficient (Wildman–Crippen LogP) is 2.16. The minimum absolute atomic E-state index is 0.0469. The standard InChI is InChI=1S/C16H20O5/c1-15(2,3)21-13(18)12-9-16(12,14(19)20-4)10-6-5-7-11(17)8-10/h5-8,12,17H,9H2,1-4H3/t12-,16-/m0/s1. The van der Waals surface area contributed by atoms with Gasteiger partial charge in [0, 0.05) is 0 Å². The molecule has 0 bridgehead atoms. The summed E-state index contributed by atoms with van der Waals surface area (Å²) in [4.78, 5) is 24.4. The number of benzene rings is 1. The Labute approximate surface area is 123 Å². The Balaban J connectivity index is 2.31. The largest absolute Gasteiger partial charge is 0.508 e. The average molecular weight is 292 g/mol. The zero-order valence-corrected chi connectivity index (χ0v) is 12.7. The Morgan fingerprint density at radius 1 is 1.33 bits per heavy atom. The highest BCUT2D eigenvalue weighted by Gasteiger charge is 2.66. The van der Waals surface area contributed by atoms with Crippen molar-refractivity contribution >= 4 is 11.9 Å². The minimum Gasteiger partial charge on any atom is -0.508 e. The lowest BCUT2D eigenvalue weighted by Crippen LogP contribution is -2.31. The van der Waals surface area contributed by atoms with Gasteiger partial charge in [0.2, 0.25) is 0 Å². The van der Waals surface area contributed by atoms with Gasteiger partial charge in [-0.3, -0.25) is 9.59 Å². The van der Waals surface area contributed by atoms with E-state index in [2.05, 4.69) is 0 Å². The number of ether oxygens (including phenoxy) is 2. The number of carbonyl (C=O) groups is 2. The normalized spacial score (nSPS) is 24.3. The van der Waals surface area contributed by atoms with Gasteiger partial charge in [0.15, 0.2) is 0 Å². The molecule has 1 aromatic rings. The minimum atomic E-state index is -1.05. The van der Waals surface area contributed by atoms with Crippen LogP contribution in [0.2, 0.25) is 0 Å². The number of phenols is 1. The molecule has 0 aliphatic heterocycles. The molecule has 5 nitrogen and oxygen atoms in total. The van der Waals surface area contributed by atoms with E-state index in [1.807, 2.05) is 0 Å². The molecule has 2 rings (SSSR count). The number of carbonyl (C=O) groups excluding carboxylic acids is 2. The van der Waals surface area contributed by atoms with Crippen molar-refractivity contribution in [1.82, 2.24) is 0 Å². The summed E-state index contributed by atoms with van der Waals surface area (Å²) in [5.74, 6) is -1.43. The van der Waals surface area contributed by atoms with E-state index in [9.17, 15) is 14.7 Å². The molecule has 21 heavy (non-hydrogen) atoms. The second kappa shape index (κ2) is 5.06. The third kappa shape index (κ3) is 2.86. The van der Waals surface area contributed by atoms with Gasteiger partial charge in [-0.05, 0) is 44.9 Å². The number of aromatic hydroxyl groups is 1. The fraction of sp³-hybridized carbons (Fsp3) is 0.500. The Bertz CT molecular complexity index is 572. The number of hydrogen-bond acceptors (Lipinski definition) is 5. The van der Waals surface area contributed by atoms with Crippen LogP contribution in [0, 0.1) is 5.92 Å². The summed E-state index contributed by atoms with van der Waals surface area (Å²) in [5.41, 5.74) is -1.08. The van der Waals surface area contributed by atoms with E-state index >= 15 is 0 Å². The van der Waals surface area contributed by atoms with Crippen molar-refractivity contribution in [3.63, 3.8) is 0 Å². The summed E-state index contributed by atoms with van der Waals surface area (Å²) >= 11 is 0. The van der Waals surface area contributed by atoms with Crippen LogP contribution < -0.4 is 0 Å². The van der Waals surface area contributed by atoms with E-state index in [0.717, 1.165) is 0 Å². The third-order valence-corrected chi connectivity index (χ3v) is 3.56. The maximum Gasteiger partial charge on any atom is 0.317 e. The van der Waals surface area contributed by atoms with Gasteiger partial charge in [-0.2, -0.15) is 0 Å². The highest BCUT2D eigenvalue weighted by atomic mass is 16.6. The quantitative estimate of drug-likeness (QED) is 0.864. The van der Waals surface area contributed by atoms with E-state index in [-0.39, 0.29) is 5.75 Å². The molecule has 1 saturated carbocycles. The lowest BCUT2D eigenvalue weighted by molar-refractivity contribution is -0.159. The van der Waals surface area contributed by atoms with Crippen molar-refractivity contribution < 1.29 is 24.2 Å². The lowest BCUT2D eigenvalue weighted by atomic mass is 9.93. The molecule has 114 valence electrons. The van der Waals surface area contributed by atoms with E-state index < -0.39 is 28.9 Å². The monoisotopic (exact) mass is 292 g/mol. The van der Waals surface area contributed by atoms with Gasteiger partial charge in [-0.15, -0.1) is 0 Å². The maximum atomic E-state index is 12.2. The summed E-state index contributed by atoms with van der Waals surface area (Å²) in [6.07, 6.45) is 0.331. The van der Waals surface area contributed by atoms with Gasteiger partial charge < -0.3 is 14.6 Å². The molecular formula is C16H20O5. The predicted molar refractivity (Wildman–Crippen MR) is 75.8 cm³/mol. The van der Waals surface area contributed by atoms with E-state index in [0.29, 0.717) is 12.0 Å². The van der Waals surface area contributed by atoms with E-state index in [4.69, 9.17) is 9.47 Å². The molecule has 0 aromatic heterocycles. The van der Waals surface area contributed by atoms with Crippen molar-refractivity contribution in [3.05, 3.63) is 29.8 Å². The third-order valence-electron chi connectivity index (χ3n) is 3.56. The molecular weight excluding hydrogens is 272 g/mol. The average Bonchev–Trinajstić information content (AvgIpc) is 3.12. The van der Waals surface area contributed by atoms with Crippen LogP contribution in [-0.4, -0.2) is 29.8 Å². The summed E-state index contributed by atoms with van der Waals surface area (Å²) in [5, 5.41) is 9.60. The Kier molecular flexibility index (Phi) is 3.70. The van der Waals surface area contributed by atoms with Crippen LogP contribution in [0.3, 0.4) is 0 Å². The molecule has 0 amide bonds. The van der Waals surface area contributed by atoms with Crippen LogP contribution in [0.4, 0.5) is 0 Å². The fourth-order valence-electron chi connectivity index (χ4n) is 2.55. The Morgan fingerprint density at radius 3 is 2.52 bits per heavy atom. The number of rotatable bonds is 3. The number of esters is 2. The van der Waals surface area contributed by atoms with Crippen LogP contribution in [0.5, 0.6) is 5.75 Å². The zero-order chi connectivity index (χ0) is 15.8. The molecule has 0 heterocycles. The van der Waals surface area contributed by atoms with Crippen LogP contribution in [0.1, 0.15) is 32.8 Å². The van der Waals surface area contributed by atoms with Gasteiger partial charge in [-0.1, -0.05) is 12.1 Å². The number of methoxy groups -OCH3 is 1. The summed E-state index contributed by atoms with van der Waals surface area (Å²) in [6.45, 7) is 5.34. The molecule has 1 aliphatic rings. The van der Waals surface area contributed by atoms with E-state index in [1.165, 1.54) is 19.2 Å². The van der Waals surface area contributed by atoms with Crippen LogP contribution in [0.15, 0.2) is 24.3 Å². The molecule has 0 saturated heterocycles. The maximum absolute atomic E-state index is 12.2. The van der Waals surface area contributed by atoms with Crippen molar-refractivity contribution in [1.29, 1.82) is 0 Å². The fourth-order valence-corrected chi connectivity index (χ4v) is 2.55. The highest BCUT2D eigenvalue weighted by Crippen LogP contribution is 2.56. The van der Waals surface area contributed by atoms with Gasteiger partial charge in [0.1, 0.15) is 16.8 Å². The summed E-state index contributed by atoms with van der Waals surface area (Å²) in [7, 11) is 1.29. The first kappa shape index (κ1) is 15.4. The first-order chi connectivity index (χ1) is 9.70. The van der Waals surface area contributed by atoms with Crippen LogP contribution in [0.25, 0.3) is 0 Å². The topological polar surface area (TPSA) is 72.8 Å². The summed E-state index contributed by atoms with van der Waals surface area (Å²) in [6, 6.07) is 6.35. The second-order valence-corrected chi connectivity index (χ2v) is 6.30. The molecule has 2 atom stereocenters. The first-order valence-electron chi connectivity index (χ1n) is 6.81. The molecule has 1 N–H and O–H groups in total. The summed E-state index contributed by atoms with van der Waals surface area (Å²) < 4.78 is 10.2. The molecule has 1 aromatic carbocycles. The smallest absolute Gasteiger partial charge is 0.317 e. The molecule has 1 aliphatic carbocycles. The van der Waals surface area contributed by atoms with Gasteiger partial charge in [0.25, 0.3) is 0 Å². The highest BCUT2D eigenvalue weighted by molar-refractivity contribution is 5.96. The van der Waals surface area contributed by atoms with Crippen molar-refractivity contribution in [2.24, 2.45) is 5.92 Å². The number of phenolic OH excluding ortho intramolecular Hbond substituents is 1. The molecule has 5 heteroatoms. The van der Waals surface area contributed by atoms with Gasteiger partial charge in [-0.25, -0.2) is 0 Å². The van der Waals surface area contributed by atoms with Crippen molar-refractivity contribution in [2.45, 2.75) is 38.2 Å². The van der Waals surface area contributed by atoms with Crippen LogP contribution >= 0.6 is 0 Å². The van der Waals surface area contributed by atoms with Gasteiger partial charge >= 0.3 is 11.9 Å². The molecule has 0 spiro atoms. The van der Waals surface area contributed by atoms with Crippen molar-refractivity contribution in [3.8, 4) is 5.75 Å². The Hall–Kier alpha value is -2.04. The second-order valence-electron chi connectivity index (χ2n) is 6.30. The Morgan fingerprint density at radius 2 is 2.00 bits per heavy atom.